The van der Waals surface area contributed by atoms with Crippen LogP contribution in [0, 0.1) is 5.92 Å². The largest absolute Gasteiger partial charge is 0.493 e. The smallest absolute Gasteiger partial charge is 0.246 e. The minimum Gasteiger partial charge on any atom is -0.493 e. The van der Waals surface area contributed by atoms with E-state index in [0.717, 1.165) is 0 Å². The minimum atomic E-state index is -0.630. The molecule has 7 nitrogen and oxygen atoms in total. The Morgan fingerprint density at radius 3 is 2.34 bits per heavy atom. The van der Waals surface area contributed by atoms with Crippen LogP contribution < -0.4 is 20.1 Å². The number of rotatable bonds is 7. The molecule has 0 saturated carbocycles. The van der Waals surface area contributed by atoms with E-state index in [1.54, 1.807) is 38.3 Å². The van der Waals surface area contributed by atoms with Crippen LogP contribution in [0.3, 0.4) is 0 Å². The fourth-order valence-corrected chi connectivity index (χ4v) is 3.04. The number of carbonyl (C=O) groups excluding carboxylic acids is 2. The first-order valence-corrected chi connectivity index (χ1v) is 9.66. The molecule has 29 heavy (non-hydrogen) atoms. The Morgan fingerprint density at radius 2 is 1.69 bits per heavy atom. The lowest BCUT2D eigenvalue weighted by Gasteiger charge is -2.23. The number of ether oxygens (including phenoxy) is 3. The average Bonchev–Trinajstić information content (AvgIpc) is 2.76. The van der Waals surface area contributed by atoms with Crippen LogP contribution >= 0.6 is 0 Å². The quantitative estimate of drug-likeness (QED) is 0.747. The van der Waals surface area contributed by atoms with Gasteiger partial charge in [0.05, 0.1) is 7.11 Å². The number of carbonyl (C=O) groups is 2. The van der Waals surface area contributed by atoms with Gasteiger partial charge in [0.2, 0.25) is 11.8 Å². The number of nitrogens with one attached hydrogen (secondary N) is 2. The van der Waals surface area contributed by atoms with Crippen molar-refractivity contribution in [3.05, 3.63) is 48.5 Å². The van der Waals surface area contributed by atoms with E-state index in [1.165, 1.54) is 0 Å². The van der Waals surface area contributed by atoms with Crippen LogP contribution in [-0.4, -0.2) is 38.2 Å². The van der Waals surface area contributed by atoms with Gasteiger partial charge in [-0.1, -0.05) is 12.1 Å². The van der Waals surface area contributed by atoms with Gasteiger partial charge < -0.3 is 24.8 Å². The number of amides is 2. The molecule has 2 N–H and O–H groups in total. The number of benzene rings is 2. The van der Waals surface area contributed by atoms with Gasteiger partial charge in [0.15, 0.2) is 11.5 Å². The molecule has 2 aromatic rings. The normalized spacial score (nSPS) is 15.2. The summed E-state index contributed by atoms with van der Waals surface area (Å²) in [5.41, 5.74) is 0.620. The van der Waals surface area contributed by atoms with Crippen molar-refractivity contribution in [3.8, 4) is 17.2 Å². The van der Waals surface area contributed by atoms with Gasteiger partial charge in [-0.15, -0.1) is 0 Å². The molecular weight excluding hydrogens is 372 g/mol. The second kappa shape index (κ2) is 9.93. The third-order valence-electron chi connectivity index (χ3n) is 4.76. The van der Waals surface area contributed by atoms with Gasteiger partial charge in [-0.2, -0.15) is 0 Å². The van der Waals surface area contributed by atoms with E-state index >= 15 is 0 Å². The number of hydrogen-bond acceptors (Lipinski definition) is 5. The molecule has 2 amide bonds. The van der Waals surface area contributed by atoms with E-state index < -0.39 is 6.04 Å². The molecule has 1 aliphatic rings. The van der Waals surface area contributed by atoms with Crippen LogP contribution in [0.5, 0.6) is 17.2 Å². The molecule has 0 bridgehead atoms. The maximum Gasteiger partial charge on any atom is 0.246 e. The molecule has 0 radical (unpaired) electrons. The molecule has 7 heteroatoms. The van der Waals surface area contributed by atoms with Crippen molar-refractivity contribution in [1.29, 1.82) is 0 Å². The topological polar surface area (TPSA) is 85.9 Å². The lowest BCUT2D eigenvalue weighted by molar-refractivity contribution is -0.131. The first kappa shape index (κ1) is 20.7. The molecule has 1 heterocycles. The van der Waals surface area contributed by atoms with Crippen LogP contribution in [0.1, 0.15) is 19.8 Å². The van der Waals surface area contributed by atoms with Gasteiger partial charge in [-0.25, -0.2) is 0 Å². The standard InChI is InChI=1S/C22H26N2O5/c1-15(23-22(26)16-11-13-28-14-12-16)21(25)24-17-7-9-18(10-8-17)29-20-6-4-3-5-19(20)27-2/h3-10,15-16H,11-14H2,1-2H3,(H,23,26)(H,24,25). The maximum absolute atomic E-state index is 12.4. The SMILES string of the molecule is COc1ccccc1Oc1ccc(NC(=O)C(C)NC(=O)C2CCOCC2)cc1. The Balaban J connectivity index is 1.53. The molecule has 154 valence electrons. The summed E-state index contributed by atoms with van der Waals surface area (Å²) in [6.45, 7) is 2.84. The van der Waals surface area contributed by atoms with Crippen LogP contribution in [0.25, 0.3) is 0 Å². The highest BCUT2D eigenvalue weighted by Crippen LogP contribution is 2.31. The highest BCUT2D eigenvalue weighted by molar-refractivity contribution is 5.97. The van der Waals surface area contributed by atoms with Gasteiger partial charge in [0.25, 0.3) is 0 Å². The Kier molecular flexibility index (Phi) is 7.08. The minimum absolute atomic E-state index is 0.0922. The van der Waals surface area contributed by atoms with Crippen LogP contribution in [0.15, 0.2) is 48.5 Å². The van der Waals surface area contributed by atoms with Crippen molar-refractivity contribution in [2.75, 3.05) is 25.6 Å². The molecule has 1 fully saturated rings. The number of anilines is 1. The first-order chi connectivity index (χ1) is 14.1. The summed E-state index contributed by atoms with van der Waals surface area (Å²) in [4.78, 5) is 24.7. The van der Waals surface area contributed by atoms with Crippen molar-refractivity contribution in [2.24, 2.45) is 5.92 Å². The van der Waals surface area contributed by atoms with E-state index in [1.807, 2.05) is 24.3 Å². The summed E-state index contributed by atoms with van der Waals surface area (Å²) in [5, 5.41) is 5.59. The van der Waals surface area contributed by atoms with Crippen molar-refractivity contribution in [3.63, 3.8) is 0 Å². The molecule has 1 unspecified atom stereocenters. The summed E-state index contributed by atoms with van der Waals surface area (Å²) in [5.74, 6) is 1.40. The van der Waals surface area contributed by atoms with Gasteiger partial charge in [-0.05, 0) is 56.2 Å². The zero-order valence-corrected chi connectivity index (χ0v) is 16.6. The molecular formula is C22H26N2O5. The number of para-hydroxylation sites is 2. The highest BCUT2D eigenvalue weighted by atomic mass is 16.5. The van der Waals surface area contributed by atoms with Crippen molar-refractivity contribution < 1.29 is 23.8 Å². The Morgan fingerprint density at radius 1 is 1.03 bits per heavy atom. The second-order valence-corrected chi connectivity index (χ2v) is 6.88. The van der Waals surface area contributed by atoms with Crippen molar-refractivity contribution >= 4 is 17.5 Å². The second-order valence-electron chi connectivity index (χ2n) is 6.88. The maximum atomic E-state index is 12.4. The fraction of sp³-hybridized carbons (Fsp3) is 0.364. The molecule has 2 aromatic carbocycles. The molecule has 0 aliphatic carbocycles. The lowest BCUT2D eigenvalue weighted by atomic mass is 9.99. The Hall–Kier alpha value is -3.06. The predicted molar refractivity (Wildman–Crippen MR) is 109 cm³/mol. The van der Waals surface area contributed by atoms with Crippen molar-refractivity contribution in [1.82, 2.24) is 5.32 Å². The number of methoxy groups -OCH3 is 1. The zero-order valence-electron chi connectivity index (χ0n) is 16.6. The van der Waals surface area contributed by atoms with E-state index in [2.05, 4.69) is 10.6 Å². The predicted octanol–water partition coefficient (Wildman–Crippen LogP) is 3.36. The monoisotopic (exact) mass is 398 g/mol. The summed E-state index contributed by atoms with van der Waals surface area (Å²) in [6.07, 6.45) is 1.38. The molecule has 3 rings (SSSR count). The molecule has 1 saturated heterocycles. The van der Waals surface area contributed by atoms with Crippen LogP contribution in [0.4, 0.5) is 5.69 Å². The first-order valence-electron chi connectivity index (χ1n) is 9.66. The fourth-order valence-electron chi connectivity index (χ4n) is 3.04. The molecule has 1 atom stereocenters. The van der Waals surface area contributed by atoms with E-state index in [9.17, 15) is 9.59 Å². The third kappa shape index (κ3) is 5.71. The van der Waals surface area contributed by atoms with E-state index in [0.29, 0.717) is 49.0 Å². The lowest BCUT2D eigenvalue weighted by Crippen LogP contribution is -2.45. The van der Waals surface area contributed by atoms with E-state index in [4.69, 9.17) is 14.2 Å². The van der Waals surface area contributed by atoms with Crippen LogP contribution in [0.2, 0.25) is 0 Å². The van der Waals surface area contributed by atoms with Gasteiger partial charge in [-0.3, -0.25) is 9.59 Å². The summed E-state index contributed by atoms with van der Waals surface area (Å²) < 4.78 is 16.4. The highest BCUT2D eigenvalue weighted by Gasteiger charge is 2.24. The third-order valence-corrected chi connectivity index (χ3v) is 4.76. The summed E-state index contributed by atoms with van der Waals surface area (Å²) in [6, 6.07) is 13.7. The number of hydrogen-bond donors (Lipinski definition) is 2. The van der Waals surface area contributed by atoms with E-state index in [-0.39, 0.29) is 17.7 Å². The van der Waals surface area contributed by atoms with Gasteiger partial charge in [0.1, 0.15) is 11.8 Å². The van der Waals surface area contributed by atoms with Gasteiger partial charge >= 0.3 is 0 Å². The zero-order chi connectivity index (χ0) is 20.6. The Labute approximate surface area is 170 Å². The molecule has 0 spiro atoms. The van der Waals surface area contributed by atoms with Crippen LogP contribution in [-0.2, 0) is 14.3 Å². The molecule has 1 aliphatic heterocycles. The van der Waals surface area contributed by atoms with Crippen molar-refractivity contribution in [2.45, 2.75) is 25.8 Å². The summed E-state index contributed by atoms with van der Waals surface area (Å²) >= 11 is 0. The summed E-state index contributed by atoms with van der Waals surface area (Å²) in [7, 11) is 1.59. The molecule has 0 aromatic heterocycles. The average molecular weight is 398 g/mol. The Bertz CT molecular complexity index is 831. The van der Waals surface area contributed by atoms with Gasteiger partial charge in [0, 0.05) is 24.8 Å².